The van der Waals surface area contributed by atoms with E-state index in [1.54, 1.807) is 13.2 Å². The Hall–Kier alpha value is -3.87. The molecule has 0 radical (unpaired) electrons. The highest BCUT2D eigenvalue weighted by atomic mass is 16.5. The van der Waals surface area contributed by atoms with Crippen molar-refractivity contribution in [3.63, 3.8) is 0 Å². The topological polar surface area (TPSA) is 85.4 Å². The number of allylic oxidation sites excluding steroid dienone is 2. The molecule has 0 fully saturated rings. The highest BCUT2D eigenvalue weighted by Gasteiger charge is 2.11. The fraction of sp³-hybridized carbons (Fsp3) is 0.269. The molecule has 0 aliphatic heterocycles. The molecule has 7 heteroatoms. The molecular formula is C26H30N4O3. The SMILES string of the molecule is COc1ccc(CCNc2cc(-c3cccc(C(=O)NC(C)=C(C)C)c3)nc(OC)n2)cc1. The lowest BCUT2D eigenvalue weighted by molar-refractivity contribution is 0.0965. The second-order valence-electron chi connectivity index (χ2n) is 7.81. The second-order valence-corrected chi connectivity index (χ2v) is 7.81. The number of hydrogen-bond donors (Lipinski definition) is 2. The van der Waals surface area contributed by atoms with E-state index < -0.39 is 0 Å². The Balaban J connectivity index is 1.76. The molecule has 1 amide bonds. The zero-order chi connectivity index (χ0) is 23.8. The van der Waals surface area contributed by atoms with Crippen molar-refractivity contribution in [3.8, 4) is 23.0 Å². The summed E-state index contributed by atoms with van der Waals surface area (Å²) in [5.74, 6) is 1.33. The molecule has 2 aromatic carbocycles. The third kappa shape index (κ3) is 6.55. The van der Waals surface area contributed by atoms with Crippen LogP contribution in [0.15, 0.2) is 65.9 Å². The largest absolute Gasteiger partial charge is 0.497 e. The van der Waals surface area contributed by atoms with E-state index in [-0.39, 0.29) is 11.9 Å². The van der Waals surface area contributed by atoms with Crippen molar-refractivity contribution in [2.45, 2.75) is 27.2 Å². The lowest BCUT2D eigenvalue weighted by Crippen LogP contribution is -2.22. The summed E-state index contributed by atoms with van der Waals surface area (Å²) < 4.78 is 10.5. The number of nitrogens with one attached hydrogen (secondary N) is 2. The van der Waals surface area contributed by atoms with Gasteiger partial charge in [0.25, 0.3) is 5.91 Å². The maximum Gasteiger partial charge on any atom is 0.318 e. The Morgan fingerprint density at radius 2 is 1.70 bits per heavy atom. The van der Waals surface area contributed by atoms with E-state index in [4.69, 9.17) is 9.47 Å². The van der Waals surface area contributed by atoms with E-state index in [9.17, 15) is 4.79 Å². The van der Waals surface area contributed by atoms with Gasteiger partial charge >= 0.3 is 6.01 Å². The van der Waals surface area contributed by atoms with Crippen molar-refractivity contribution < 1.29 is 14.3 Å². The normalized spacial score (nSPS) is 10.3. The number of rotatable bonds is 9. The van der Waals surface area contributed by atoms with Crippen LogP contribution in [0.2, 0.25) is 0 Å². The molecule has 3 aromatic rings. The minimum Gasteiger partial charge on any atom is -0.497 e. The average molecular weight is 447 g/mol. The maximum atomic E-state index is 12.6. The minimum absolute atomic E-state index is 0.158. The summed E-state index contributed by atoms with van der Waals surface area (Å²) in [7, 11) is 3.19. The van der Waals surface area contributed by atoms with Gasteiger partial charge in [0.15, 0.2) is 0 Å². The first-order chi connectivity index (χ1) is 15.9. The number of nitrogens with zero attached hydrogens (tertiary/aromatic N) is 2. The monoisotopic (exact) mass is 446 g/mol. The van der Waals surface area contributed by atoms with Gasteiger partial charge in [-0.15, -0.1) is 0 Å². The number of anilines is 1. The van der Waals surface area contributed by atoms with Gasteiger partial charge in [-0.2, -0.15) is 9.97 Å². The maximum absolute atomic E-state index is 12.6. The number of aromatic nitrogens is 2. The van der Waals surface area contributed by atoms with Crippen LogP contribution in [0, 0.1) is 0 Å². The Labute approximate surface area is 194 Å². The fourth-order valence-corrected chi connectivity index (χ4v) is 3.07. The first-order valence-electron chi connectivity index (χ1n) is 10.8. The van der Waals surface area contributed by atoms with Gasteiger partial charge in [0, 0.05) is 29.4 Å². The van der Waals surface area contributed by atoms with Crippen LogP contribution in [0.1, 0.15) is 36.7 Å². The first-order valence-corrected chi connectivity index (χ1v) is 10.8. The van der Waals surface area contributed by atoms with E-state index >= 15 is 0 Å². The van der Waals surface area contributed by atoms with Crippen LogP contribution in [0.25, 0.3) is 11.3 Å². The summed E-state index contributed by atoms with van der Waals surface area (Å²) in [6, 6.07) is 17.4. The molecule has 0 unspecified atom stereocenters. The van der Waals surface area contributed by atoms with Crippen molar-refractivity contribution in [2.75, 3.05) is 26.1 Å². The van der Waals surface area contributed by atoms with Crippen LogP contribution in [0.4, 0.5) is 5.82 Å². The highest BCUT2D eigenvalue weighted by Crippen LogP contribution is 2.23. The van der Waals surface area contributed by atoms with Crippen molar-refractivity contribution in [1.29, 1.82) is 0 Å². The summed E-state index contributed by atoms with van der Waals surface area (Å²) >= 11 is 0. The summed E-state index contributed by atoms with van der Waals surface area (Å²) in [6.07, 6.45) is 0.824. The Kier molecular flexibility index (Phi) is 8.02. The first kappa shape index (κ1) is 23.8. The van der Waals surface area contributed by atoms with Crippen molar-refractivity contribution in [2.24, 2.45) is 0 Å². The van der Waals surface area contributed by atoms with Crippen molar-refractivity contribution in [1.82, 2.24) is 15.3 Å². The number of carbonyl (C=O) groups excluding carboxylic acids is 1. The van der Waals surface area contributed by atoms with Crippen molar-refractivity contribution in [3.05, 3.63) is 77.0 Å². The van der Waals surface area contributed by atoms with Crippen molar-refractivity contribution >= 4 is 11.7 Å². The zero-order valence-electron chi connectivity index (χ0n) is 19.7. The van der Waals surface area contributed by atoms with Gasteiger partial charge in [0.1, 0.15) is 11.6 Å². The third-order valence-electron chi connectivity index (χ3n) is 5.24. The quantitative estimate of drug-likeness (QED) is 0.488. The van der Waals surface area contributed by atoms with Crippen LogP contribution in [0.5, 0.6) is 11.8 Å². The molecule has 1 aromatic heterocycles. The third-order valence-corrected chi connectivity index (χ3v) is 5.24. The summed E-state index contributed by atoms with van der Waals surface area (Å²) in [6.45, 7) is 6.50. The summed E-state index contributed by atoms with van der Waals surface area (Å²) in [5.41, 5.74) is 5.12. The molecule has 0 spiro atoms. The Morgan fingerprint density at radius 1 is 0.939 bits per heavy atom. The molecule has 0 bridgehead atoms. The predicted octanol–water partition coefficient (Wildman–Crippen LogP) is 4.86. The molecule has 3 rings (SSSR count). The molecule has 0 atom stereocenters. The van der Waals surface area contributed by atoms with E-state index in [1.807, 2.05) is 69.3 Å². The molecule has 2 N–H and O–H groups in total. The zero-order valence-corrected chi connectivity index (χ0v) is 19.7. The lowest BCUT2D eigenvalue weighted by Gasteiger charge is -2.11. The molecule has 0 saturated carbocycles. The molecular weight excluding hydrogens is 416 g/mol. The number of benzene rings is 2. The molecule has 1 heterocycles. The van der Waals surface area contributed by atoms with Gasteiger partial charge in [0.05, 0.1) is 19.9 Å². The lowest BCUT2D eigenvalue weighted by atomic mass is 10.1. The minimum atomic E-state index is -0.158. The van der Waals surface area contributed by atoms with Gasteiger partial charge in [-0.1, -0.05) is 29.8 Å². The smallest absolute Gasteiger partial charge is 0.318 e. The van der Waals surface area contributed by atoms with Crippen LogP contribution >= 0.6 is 0 Å². The van der Waals surface area contributed by atoms with E-state index in [0.29, 0.717) is 23.6 Å². The molecule has 7 nitrogen and oxygen atoms in total. The number of ether oxygens (including phenoxy) is 2. The summed E-state index contributed by atoms with van der Waals surface area (Å²) in [4.78, 5) is 21.5. The molecule has 0 aliphatic rings. The van der Waals surface area contributed by atoms with Crippen LogP contribution in [-0.2, 0) is 6.42 Å². The standard InChI is InChI=1S/C26H30N4O3/c1-17(2)18(3)28-25(31)21-8-6-7-20(15-21)23-16-24(30-26(29-23)33-5)27-14-13-19-9-11-22(32-4)12-10-19/h6-12,15-16H,13-14H2,1-5H3,(H,28,31)(H,27,29,30). The van der Waals surface area contributed by atoms with Crippen LogP contribution in [0.3, 0.4) is 0 Å². The van der Waals surface area contributed by atoms with Gasteiger partial charge < -0.3 is 20.1 Å². The molecule has 172 valence electrons. The molecule has 0 saturated heterocycles. The van der Waals surface area contributed by atoms with Gasteiger partial charge in [-0.3, -0.25) is 4.79 Å². The predicted molar refractivity (Wildman–Crippen MR) is 131 cm³/mol. The van der Waals surface area contributed by atoms with Crippen LogP contribution in [-0.4, -0.2) is 36.6 Å². The number of carbonyl (C=O) groups is 1. The van der Waals surface area contributed by atoms with Crippen LogP contribution < -0.4 is 20.1 Å². The number of amides is 1. The summed E-state index contributed by atoms with van der Waals surface area (Å²) in [5, 5.41) is 6.26. The Bertz CT molecular complexity index is 1140. The molecule has 0 aliphatic carbocycles. The second kappa shape index (κ2) is 11.1. The van der Waals surface area contributed by atoms with E-state index in [1.165, 1.54) is 12.7 Å². The fourth-order valence-electron chi connectivity index (χ4n) is 3.07. The Morgan fingerprint density at radius 3 is 2.36 bits per heavy atom. The average Bonchev–Trinajstić information content (AvgIpc) is 2.84. The number of hydrogen-bond acceptors (Lipinski definition) is 6. The van der Waals surface area contributed by atoms with E-state index in [0.717, 1.165) is 29.0 Å². The molecule has 33 heavy (non-hydrogen) atoms. The highest BCUT2D eigenvalue weighted by molar-refractivity contribution is 5.96. The van der Waals surface area contributed by atoms with Gasteiger partial charge in [-0.25, -0.2) is 0 Å². The number of methoxy groups -OCH3 is 2. The van der Waals surface area contributed by atoms with E-state index in [2.05, 4.69) is 20.6 Å². The van der Waals surface area contributed by atoms with Gasteiger partial charge in [0.2, 0.25) is 0 Å². The van der Waals surface area contributed by atoms with Gasteiger partial charge in [-0.05, 0) is 57.0 Å².